The molecule has 0 saturated carbocycles. The minimum absolute atomic E-state index is 0.0885. The molecule has 0 atom stereocenters. The highest BCUT2D eigenvalue weighted by Crippen LogP contribution is 2.32. The Hall–Kier alpha value is -1.30. The molecule has 0 bridgehead atoms. The third-order valence-corrected chi connectivity index (χ3v) is 4.01. The van der Waals surface area contributed by atoms with Gasteiger partial charge in [-0.1, -0.05) is 35.3 Å². The molecule has 1 heterocycles. The quantitative estimate of drug-likeness (QED) is 0.358. The fourth-order valence-corrected chi connectivity index (χ4v) is 2.95. The highest BCUT2D eigenvalue weighted by Gasteiger charge is 2.13. The maximum atomic E-state index is 10.9. The second-order valence-electron chi connectivity index (χ2n) is 3.61. The first kappa shape index (κ1) is 14.1. The number of hydrogen-bond acceptors (Lipinski definition) is 4. The Bertz CT molecular complexity index is 622. The highest BCUT2D eigenvalue weighted by atomic mass is 35.5. The molecule has 2 aromatic rings. The topological polar surface area (TPSA) is 56.0 Å². The number of rotatable bonds is 4. The maximum Gasteiger partial charge on any atom is 0.282 e. The normalized spacial score (nSPS) is 10.4. The summed E-state index contributed by atoms with van der Waals surface area (Å²) in [7, 11) is 0. The molecule has 1 aromatic carbocycles. The van der Waals surface area contributed by atoms with Crippen molar-refractivity contribution in [2.24, 2.45) is 0 Å². The van der Waals surface area contributed by atoms with Crippen LogP contribution in [0.4, 0.5) is 5.69 Å². The van der Waals surface area contributed by atoms with Crippen LogP contribution in [0, 0.1) is 10.1 Å². The predicted molar refractivity (Wildman–Crippen MR) is 76.9 cm³/mol. The van der Waals surface area contributed by atoms with Crippen LogP contribution < -0.4 is 0 Å². The molecule has 0 aliphatic heterocycles. The van der Waals surface area contributed by atoms with E-state index in [4.69, 9.17) is 23.2 Å². The van der Waals surface area contributed by atoms with Crippen LogP contribution in [-0.4, -0.2) is 9.91 Å². The van der Waals surface area contributed by atoms with Crippen molar-refractivity contribution < 1.29 is 4.92 Å². The van der Waals surface area contributed by atoms with Crippen LogP contribution >= 0.6 is 35.0 Å². The Labute approximate surface area is 123 Å². The Morgan fingerprint density at radius 3 is 2.74 bits per heavy atom. The summed E-state index contributed by atoms with van der Waals surface area (Å²) in [6, 6.07) is 8.14. The molecule has 7 heteroatoms. The standard InChI is InChI=1S/C12H8Cl2N2O2S/c13-9-5-12(14)15-6-8(9)7-19-11-4-2-1-3-10(11)16(17)18/h1-6H,7H2. The zero-order chi connectivity index (χ0) is 13.8. The first-order valence-corrected chi connectivity index (χ1v) is 6.98. The molecule has 0 unspecified atom stereocenters. The van der Waals surface area contributed by atoms with E-state index in [1.54, 1.807) is 30.5 Å². The van der Waals surface area contributed by atoms with E-state index < -0.39 is 4.92 Å². The van der Waals surface area contributed by atoms with Crippen molar-refractivity contribution in [1.29, 1.82) is 0 Å². The van der Waals surface area contributed by atoms with Crippen LogP contribution in [0.5, 0.6) is 0 Å². The molecule has 19 heavy (non-hydrogen) atoms. The number of aromatic nitrogens is 1. The van der Waals surface area contributed by atoms with E-state index in [9.17, 15) is 10.1 Å². The predicted octanol–water partition coefficient (Wildman–Crippen LogP) is 4.59. The van der Waals surface area contributed by atoms with E-state index in [-0.39, 0.29) is 5.69 Å². The van der Waals surface area contributed by atoms with Gasteiger partial charge in [0.05, 0.1) is 9.82 Å². The molecular weight excluding hydrogens is 307 g/mol. The van der Waals surface area contributed by atoms with Gasteiger partial charge in [-0.05, 0) is 17.7 Å². The lowest BCUT2D eigenvalue weighted by Crippen LogP contribution is -1.91. The molecule has 0 spiro atoms. The zero-order valence-corrected chi connectivity index (χ0v) is 11.9. The second-order valence-corrected chi connectivity index (χ2v) is 5.42. The molecule has 0 N–H and O–H groups in total. The monoisotopic (exact) mass is 314 g/mol. The van der Waals surface area contributed by atoms with Gasteiger partial charge in [0, 0.05) is 23.0 Å². The Morgan fingerprint density at radius 1 is 1.32 bits per heavy atom. The maximum absolute atomic E-state index is 10.9. The number of para-hydroxylation sites is 1. The number of nitro benzene ring substituents is 1. The molecule has 0 aliphatic carbocycles. The van der Waals surface area contributed by atoms with Gasteiger partial charge in [-0.15, -0.1) is 11.8 Å². The number of halogens is 2. The number of nitrogens with zero attached hydrogens (tertiary/aromatic N) is 2. The number of thioether (sulfide) groups is 1. The lowest BCUT2D eigenvalue weighted by atomic mass is 10.3. The molecule has 4 nitrogen and oxygen atoms in total. The molecule has 0 amide bonds. The third-order valence-electron chi connectivity index (χ3n) is 2.34. The van der Waals surface area contributed by atoms with Gasteiger partial charge in [-0.3, -0.25) is 10.1 Å². The fourth-order valence-electron chi connectivity index (χ4n) is 1.43. The summed E-state index contributed by atoms with van der Waals surface area (Å²) >= 11 is 13.1. The Morgan fingerprint density at radius 2 is 2.05 bits per heavy atom. The third kappa shape index (κ3) is 3.59. The average molecular weight is 315 g/mol. The van der Waals surface area contributed by atoms with Gasteiger partial charge in [-0.25, -0.2) is 4.98 Å². The Balaban J connectivity index is 2.17. The summed E-state index contributed by atoms with van der Waals surface area (Å²) in [6.45, 7) is 0. The molecule has 0 aliphatic rings. The highest BCUT2D eigenvalue weighted by molar-refractivity contribution is 7.98. The summed E-state index contributed by atoms with van der Waals surface area (Å²) in [5.41, 5.74) is 0.875. The Kier molecular flexibility index (Phi) is 4.63. The second kappa shape index (κ2) is 6.23. The van der Waals surface area contributed by atoms with E-state index in [0.717, 1.165) is 5.56 Å². The minimum Gasteiger partial charge on any atom is -0.258 e. The summed E-state index contributed by atoms with van der Waals surface area (Å²) < 4.78 is 0. The van der Waals surface area contributed by atoms with Crippen molar-refractivity contribution in [3.8, 4) is 0 Å². The summed E-state index contributed by atoms with van der Waals surface area (Å²) in [6.07, 6.45) is 1.58. The van der Waals surface area contributed by atoms with Crippen LogP contribution in [0.1, 0.15) is 5.56 Å². The molecule has 1 aromatic heterocycles. The van der Waals surface area contributed by atoms with Gasteiger partial charge >= 0.3 is 0 Å². The van der Waals surface area contributed by atoms with Crippen LogP contribution in [-0.2, 0) is 5.75 Å². The average Bonchev–Trinajstić information content (AvgIpc) is 2.38. The lowest BCUT2D eigenvalue weighted by Gasteiger charge is -2.04. The van der Waals surface area contributed by atoms with Gasteiger partial charge in [0.1, 0.15) is 5.15 Å². The molecule has 0 saturated heterocycles. The smallest absolute Gasteiger partial charge is 0.258 e. The lowest BCUT2D eigenvalue weighted by molar-refractivity contribution is -0.387. The largest absolute Gasteiger partial charge is 0.282 e. The van der Waals surface area contributed by atoms with Gasteiger partial charge in [-0.2, -0.15) is 0 Å². The van der Waals surface area contributed by atoms with E-state index in [2.05, 4.69) is 4.98 Å². The van der Waals surface area contributed by atoms with Gasteiger partial charge < -0.3 is 0 Å². The van der Waals surface area contributed by atoms with Crippen molar-refractivity contribution in [3.05, 3.63) is 62.4 Å². The van der Waals surface area contributed by atoms with Crippen molar-refractivity contribution in [2.75, 3.05) is 0 Å². The SMILES string of the molecule is O=[N+]([O-])c1ccccc1SCc1cnc(Cl)cc1Cl. The number of hydrogen-bond donors (Lipinski definition) is 0. The summed E-state index contributed by atoms with van der Waals surface area (Å²) in [4.78, 5) is 15.0. The number of nitro groups is 1. The number of pyridine rings is 1. The van der Waals surface area contributed by atoms with E-state index in [1.165, 1.54) is 17.8 Å². The van der Waals surface area contributed by atoms with E-state index in [1.807, 2.05) is 0 Å². The van der Waals surface area contributed by atoms with Gasteiger partial charge in [0.2, 0.25) is 0 Å². The van der Waals surface area contributed by atoms with Crippen molar-refractivity contribution in [1.82, 2.24) is 4.98 Å². The summed E-state index contributed by atoms with van der Waals surface area (Å²) in [5.74, 6) is 0.494. The van der Waals surface area contributed by atoms with Crippen LogP contribution in [0.2, 0.25) is 10.2 Å². The molecular formula is C12H8Cl2N2O2S. The molecule has 2 rings (SSSR count). The van der Waals surface area contributed by atoms with E-state index in [0.29, 0.717) is 20.8 Å². The van der Waals surface area contributed by atoms with Crippen molar-refractivity contribution >= 4 is 40.7 Å². The molecule has 0 fully saturated rings. The first-order chi connectivity index (χ1) is 9.08. The van der Waals surface area contributed by atoms with Crippen molar-refractivity contribution in [3.63, 3.8) is 0 Å². The van der Waals surface area contributed by atoms with Crippen molar-refractivity contribution in [2.45, 2.75) is 10.6 Å². The fraction of sp³-hybridized carbons (Fsp3) is 0.0833. The molecule has 98 valence electrons. The van der Waals surface area contributed by atoms with Gasteiger partial charge in [0.15, 0.2) is 0 Å². The number of benzene rings is 1. The van der Waals surface area contributed by atoms with Crippen LogP contribution in [0.15, 0.2) is 41.4 Å². The summed E-state index contributed by atoms with van der Waals surface area (Å²) in [5, 5.41) is 11.7. The molecule has 0 radical (unpaired) electrons. The van der Waals surface area contributed by atoms with Gasteiger partial charge in [0.25, 0.3) is 5.69 Å². The zero-order valence-electron chi connectivity index (χ0n) is 9.55. The van der Waals surface area contributed by atoms with E-state index >= 15 is 0 Å². The van der Waals surface area contributed by atoms with Crippen LogP contribution in [0.25, 0.3) is 0 Å². The van der Waals surface area contributed by atoms with Crippen LogP contribution in [0.3, 0.4) is 0 Å². The first-order valence-electron chi connectivity index (χ1n) is 5.24. The minimum atomic E-state index is -0.399.